The highest BCUT2D eigenvalue weighted by Gasteiger charge is 2.20. The molecule has 0 saturated heterocycles. The van der Waals surface area contributed by atoms with Crippen molar-refractivity contribution in [3.8, 4) is 0 Å². The molecule has 0 saturated carbocycles. The molecule has 0 bridgehead atoms. The van der Waals surface area contributed by atoms with Crippen molar-refractivity contribution in [2.45, 2.75) is 25.8 Å². The zero-order chi connectivity index (χ0) is 13.1. The second-order valence-corrected chi connectivity index (χ2v) is 4.83. The minimum atomic E-state index is 0.0159. The lowest BCUT2D eigenvalue weighted by Crippen LogP contribution is -2.24. The quantitative estimate of drug-likeness (QED) is 0.863. The van der Waals surface area contributed by atoms with E-state index in [9.17, 15) is 4.79 Å². The summed E-state index contributed by atoms with van der Waals surface area (Å²) in [5.41, 5.74) is 2.66. The van der Waals surface area contributed by atoms with Crippen molar-refractivity contribution >= 4 is 28.9 Å². The van der Waals surface area contributed by atoms with Crippen LogP contribution in [-0.2, 0) is 16.0 Å². The standard InChI is InChI=1S/C13H17ClN2O2/c1-3-9(7-18-2)15-12-4-8-5-13(17)16-11(8)6-10(12)14/h4,6,9,15H,3,5,7H2,1-2H3,(H,16,17). The number of methoxy groups -OCH3 is 1. The van der Waals surface area contributed by atoms with Crippen LogP contribution in [0.1, 0.15) is 18.9 Å². The van der Waals surface area contributed by atoms with Crippen LogP contribution in [-0.4, -0.2) is 25.7 Å². The Bertz CT molecular complexity index is 463. The molecule has 1 aromatic carbocycles. The lowest BCUT2D eigenvalue weighted by molar-refractivity contribution is -0.115. The van der Waals surface area contributed by atoms with Crippen LogP contribution in [0.5, 0.6) is 0 Å². The maximum absolute atomic E-state index is 11.3. The van der Waals surface area contributed by atoms with Crippen molar-refractivity contribution < 1.29 is 9.53 Å². The molecule has 0 radical (unpaired) electrons. The monoisotopic (exact) mass is 268 g/mol. The van der Waals surface area contributed by atoms with Crippen molar-refractivity contribution in [3.05, 3.63) is 22.7 Å². The Kier molecular flexibility index (Phi) is 4.09. The molecule has 1 aromatic rings. The van der Waals surface area contributed by atoms with E-state index in [1.165, 1.54) is 0 Å². The number of nitrogens with one attached hydrogen (secondary N) is 2. The highest BCUT2D eigenvalue weighted by atomic mass is 35.5. The van der Waals surface area contributed by atoms with E-state index in [1.54, 1.807) is 13.2 Å². The number of anilines is 2. The van der Waals surface area contributed by atoms with Crippen LogP contribution in [0, 0.1) is 0 Å². The van der Waals surface area contributed by atoms with E-state index >= 15 is 0 Å². The molecule has 98 valence electrons. The van der Waals surface area contributed by atoms with Crippen LogP contribution >= 0.6 is 11.6 Å². The summed E-state index contributed by atoms with van der Waals surface area (Å²) < 4.78 is 5.14. The highest BCUT2D eigenvalue weighted by Crippen LogP contribution is 2.33. The Morgan fingerprint density at radius 3 is 3.00 bits per heavy atom. The topological polar surface area (TPSA) is 50.4 Å². The number of benzene rings is 1. The SMILES string of the molecule is CCC(COC)Nc1cc2c(cc1Cl)NC(=O)C2. The average molecular weight is 269 g/mol. The number of amides is 1. The molecular formula is C13H17ClN2O2. The van der Waals surface area contributed by atoms with Crippen molar-refractivity contribution in [3.63, 3.8) is 0 Å². The molecule has 4 nitrogen and oxygen atoms in total. The van der Waals surface area contributed by atoms with Gasteiger partial charge in [-0.1, -0.05) is 18.5 Å². The Hall–Kier alpha value is -1.26. The van der Waals surface area contributed by atoms with Gasteiger partial charge in [0.05, 0.1) is 23.7 Å². The fraction of sp³-hybridized carbons (Fsp3) is 0.462. The van der Waals surface area contributed by atoms with Gasteiger partial charge in [-0.3, -0.25) is 4.79 Å². The molecule has 1 aliphatic rings. The minimum absolute atomic E-state index is 0.0159. The smallest absolute Gasteiger partial charge is 0.228 e. The summed E-state index contributed by atoms with van der Waals surface area (Å²) in [5, 5.41) is 6.74. The summed E-state index contributed by atoms with van der Waals surface area (Å²) >= 11 is 6.20. The molecule has 2 N–H and O–H groups in total. The Balaban J connectivity index is 2.19. The maximum atomic E-state index is 11.3. The fourth-order valence-corrected chi connectivity index (χ4v) is 2.26. The average Bonchev–Trinajstić information content (AvgIpc) is 2.68. The highest BCUT2D eigenvalue weighted by molar-refractivity contribution is 6.33. The summed E-state index contributed by atoms with van der Waals surface area (Å²) in [7, 11) is 1.68. The van der Waals surface area contributed by atoms with Crippen molar-refractivity contribution in [1.82, 2.24) is 0 Å². The molecule has 0 spiro atoms. The lowest BCUT2D eigenvalue weighted by Gasteiger charge is -2.19. The Labute approximate surface area is 112 Å². The number of carbonyl (C=O) groups excluding carboxylic acids is 1. The van der Waals surface area contributed by atoms with Crippen LogP contribution in [0.4, 0.5) is 11.4 Å². The molecule has 1 heterocycles. The molecule has 1 unspecified atom stereocenters. The summed E-state index contributed by atoms with van der Waals surface area (Å²) in [6.07, 6.45) is 1.36. The third-order valence-electron chi connectivity index (χ3n) is 3.04. The predicted octanol–water partition coefficient (Wildman–Crippen LogP) is 2.67. The number of hydrogen-bond acceptors (Lipinski definition) is 3. The zero-order valence-electron chi connectivity index (χ0n) is 10.5. The second-order valence-electron chi connectivity index (χ2n) is 4.42. The van der Waals surface area contributed by atoms with Gasteiger partial charge in [-0.2, -0.15) is 0 Å². The number of hydrogen-bond donors (Lipinski definition) is 2. The predicted molar refractivity (Wildman–Crippen MR) is 73.4 cm³/mol. The normalized spacial score (nSPS) is 15.2. The van der Waals surface area contributed by atoms with Gasteiger partial charge in [-0.05, 0) is 24.1 Å². The third kappa shape index (κ3) is 2.76. The van der Waals surface area contributed by atoms with Crippen molar-refractivity contribution in [2.75, 3.05) is 24.4 Å². The molecule has 1 amide bonds. The van der Waals surface area contributed by atoms with Gasteiger partial charge in [-0.25, -0.2) is 0 Å². The zero-order valence-corrected chi connectivity index (χ0v) is 11.3. The Morgan fingerprint density at radius 2 is 2.33 bits per heavy atom. The first-order valence-electron chi connectivity index (χ1n) is 6.01. The van der Waals surface area contributed by atoms with E-state index < -0.39 is 0 Å². The second kappa shape index (κ2) is 5.59. The maximum Gasteiger partial charge on any atom is 0.228 e. The van der Waals surface area contributed by atoms with Crippen LogP contribution in [0.2, 0.25) is 5.02 Å². The van der Waals surface area contributed by atoms with Gasteiger partial charge < -0.3 is 15.4 Å². The first kappa shape index (κ1) is 13.2. The first-order valence-corrected chi connectivity index (χ1v) is 6.39. The van der Waals surface area contributed by atoms with E-state index in [1.807, 2.05) is 6.07 Å². The molecule has 0 fully saturated rings. The van der Waals surface area contributed by atoms with E-state index in [0.717, 1.165) is 23.4 Å². The van der Waals surface area contributed by atoms with E-state index in [-0.39, 0.29) is 11.9 Å². The number of ether oxygens (including phenoxy) is 1. The van der Waals surface area contributed by atoms with Gasteiger partial charge in [0.15, 0.2) is 0 Å². The van der Waals surface area contributed by atoms with Gasteiger partial charge in [0.2, 0.25) is 5.91 Å². The first-order chi connectivity index (χ1) is 8.63. The number of fused-ring (bicyclic) bond motifs is 1. The van der Waals surface area contributed by atoms with Crippen LogP contribution in [0.25, 0.3) is 0 Å². The Morgan fingerprint density at radius 1 is 1.56 bits per heavy atom. The summed E-state index contributed by atoms with van der Waals surface area (Å²) in [6.45, 7) is 2.71. The molecule has 1 atom stereocenters. The molecule has 18 heavy (non-hydrogen) atoms. The van der Waals surface area contributed by atoms with Gasteiger partial charge in [0, 0.05) is 18.8 Å². The largest absolute Gasteiger partial charge is 0.383 e. The molecule has 1 aliphatic heterocycles. The molecule has 5 heteroatoms. The molecule has 2 rings (SSSR count). The number of rotatable bonds is 5. The van der Waals surface area contributed by atoms with Crippen LogP contribution < -0.4 is 10.6 Å². The van der Waals surface area contributed by atoms with Gasteiger partial charge in [0.1, 0.15) is 0 Å². The van der Waals surface area contributed by atoms with E-state index in [0.29, 0.717) is 18.1 Å². The van der Waals surface area contributed by atoms with Crippen molar-refractivity contribution in [2.24, 2.45) is 0 Å². The van der Waals surface area contributed by atoms with Gasteiger partial charge in [-0.15, -0.1) is 0 Å². The lowest BCUT2D eigenvalue weighted by atomic mass is 10.1. The van der Waals surface area contributed by atoms with E-state index in [4.69, 9.17) is 16.3 Å². The molecule has 0 aromatic heterocycles. The van der Waals surface area contributed by atoms with Gasteiger partial charge >= 0.3 is 0 Å². The third-order valence-corrected chi connectivity index (χ3v) is 3.35. The molecular weight excluding hydrogens is 252 g/mol. The van der Waals surface area contributed by atoms with Crippen LogP contribution in [0.3, 0.4) is 0 Å². The number of carbonyl (C=O) groups is 1. The van der Waals surface area contributed by atoms with Crippen LogP contribution in [0.15, 0.2) is 12.1 Å². The summed E-state index contributed by atoms with van der Waals surface area (Å²) in [5.74, 6) is 0.0159. The fourth-order valence-electron chi connectivity index (χ4n) is 2.04. The summed E-state index contributed by atoms with van der Waals surface area (Å²) in [4.78, 5) is 11.3. The van der Waals surface area contributed by atoms with Crippen molar-refractivity contribution in [1.29, 1.82) is 0 Å². The summed E-state index contributed by atoms with van der Waals surface area (Å²) in [6, 6.07) is 3.95. The number of halogens is 1. The van der Waals surface area contributed by atoms with Gasteiger partial charge in [0.25, 0.3) is 0 Å². The van der Waals surface area contributed by atoms with E-state index in [2.05, 4.69) is 17.6 Å². The molecule has 0 aliphatic carbocycles. The minimum Gasteiger partial charge on any atom is -0.383 e.